The fourth-order valence-electron chi connectivity index (χ4n) is 2.57. The minimum Gasteiger partial charge on any atom is -0.478 e. The number of halogens is 1. The molecular formula is C19H14BrN3O5S. The molecule has 0 unspecified atom stereocenters. The Morgan fingerprint density at radius 2 is 2.00 bits per heavy atom. The van der Waals surface area contributed by atoms with Crippen LogP contribution < -0.4 is 0 Å². The van der Waals surface area contributed by atoms with Crippen molar-refractivity contribution in [2.75, 3.05) is 6.54 Å². The number of aliphatic imine (C=N–C) groups is 1. The molecule has 8 nitrogen and oxygen atoms in total. The molecule has 3 rings (SSSR count). The summed E-state index contributed by atoms with van der Waals surface area (Å²) in [4.78, 5) is 40.6. The molecule has 1 saturated heterocycles. The first-order valence-electron chi connectivity index (χ1n) is 8.37. The number of hydrogen-bond donors (Lipinski definition) is 1. The van der Waals surface area contributed by atoms with Crippen LogP contribution in [-0.4, -0.2) is 38.5 Å². The van der Waals surface area contributed by atoms with E-state index in [0.29, 0.717) is 32.3 Å². The average molecular weight is 476 g/mol. The molecule has 29 heavy (non-hydrogen) atoms. The van der Waals surface area contributed by atoms with Crippen LogP contribution >= 0.6 is 27.7 Å². The number of hydrogen-bond acceptors (Lipinski definition) is 6. The topological polar surface area (TPSA) is 113 Å². The van der Waals surface area contributed by atoms with Crippen molar-refractivity contribution < 1.29 is 19.6 Å². The van der Waals surface area contributed by atoms with Gasteiger partial charge in [0.15, 0.2) is 5.17 Å². The van der Waals surface area contributed by atoms with Crippen LogP contribution in [0.5, 0.6) is 0 Å². The van der Waals surface area contributed by atoms with Gasteiger partial charge in [-0.1, -0.05) is 6.07 Å². The summed E-state index contributed by atoms with van der Waals surface area (Å²) >= 11 is 4.30. The fraction of sp³-hybridized carbons (Fsp3) is 0.105. The van der Waals surface area contributed by atoms with Crippen molar-refractivity contribution in [1.29, 1.82) is 0 Å². The number of nitro groups is 1. The van der Waals surface area contributed by atoms with Gasteiger partial charge in [-0.05, 0) is 76.6 Å². The highest BCUT2D eigenvalue weighted by Gasteiger charge is 2.32. The van der Waals surface area contributed by atoms with Crippen LogP contribution in [-0.2, 0) is 4.79 Å². The number of likely N-dealkylation sites (N-methyl/N-ethyl adjacent to an activating group) is 1. The van der Waals surface area contributed by atoms with Gasteiger partial charge in [-0.3, -0.25) is 19.8 Å². The average Bonchev–Trinajstić information content (AvgIpc) is 2.97. The first-order valence-corrected chi connectivity index (χ1v) is 9.98. The Hall–Kier alpha value is -2.98. The molecule has 2 aromatic rings. The highest BCUT2D eigenvalue weighted by Crippen LogP contribution is 2.35. The summed E-state index contributed by atoms with van der Waals surface area (Å²) in [6.45, 7) is 2.21. The molecule has 2 aromatic carbocycles. The summed E-state index contributed by atoms with van der Waals surface area (Å²) in [6.07, 6.45) is 1.59. The van der Waals surface area contributed by atoms with E-state index < -0.39 is 10.9 Å². The van der Waals surface area contributed by atoms with Crippen LogP contribution in [0.25, 0.3) is 6.08 Å². The van der Waals surface area contributed by atoms with Gasteiger partial charge in [0.25, 0.3) is 11.6 Å². The summed E-state index contributed by atoms with van der Waals surface area (Å²) in [7, 11) is 0. The number of aromatic carboxylic acids is 1. The predicted octanol–water partition coefficient (Wildman–Crippen LogP) is 4.68. The Labute approximate surface area is 178 Å². The molecule has 1 fully saturated rings. The SMILES string of the molecule is CCN1C(=O)/C(=C\c2ccc(Br)c([N+](=O)[O-])c2)SC1=Nc1ccc(C(=O)O)cc1. The predicted molar refractivity (Wildman–Crippen MR) is 114 cm³/mol. The lowest BCUT2D eigenvalue weighted by molar-refractivity contribution is -0.385. The van der Waals surface area contributed by atoms with Crippen molar-refractivity contribution in [3.63, 3.8) is 0 Å². The minimum atomic E-state index is -1.03. The maximum absolute atomic E-state index is 12.7. The number of carbonyl (C=O) groups excluding carboxylic acids is 1. The van der Waals surface area contributed by atoms with Gasteiger partial charge in [-0.15, -0.1) is 0 Å². The maximum atomic E-state index is 12.7. The molecular weight excluding hydrogens is 462 g/mol. The quantitative estimate of drug-likeness (QED) is 0.381. The summed E-state index contributed by atoms with van der Waals surface area (Å²) in [6, 6.07) is 10.6. The molecule has 1 amide bonds. The number of amides is 1. The third-order valence-electron chi connectivity index (χ3n) is 4.01. The summed E-state index contributed by atoms with van der Waals surface area (Å²) in [5, 5.41) is 20.5. The number of nitrogens with zero attached hydrogens (tertiary/aromatic N) is 3. The zero-order valence-electron chi connectivity index (χ0n) is 15.0. The Kier molecular flexibility index (Phi) is 6.14. The van der Waals surface area contributed by atoms with Gasteiger partial charge in [0.2, 0.25) is 0 Å². The standard InChI is InChI=1S/C19H14BrN3O5S/c1-2-22-17(24)16(10-11-3-8-14(20)15(9-11)23(27)28)29-19(22)21-13-6-4-12(5-7-13)18(25)26/h3-10H,2H2,1H3,(H,25,26)/b16-10+,21-19?. The molecule has 1 heterocycles. The number of amidine groups is 1. The third-order valence-corrected chi connectivity index (χ3v) is 5.69. The van der Waals surface area contributed by atoms with Gasteiger partial charge in [0.05, 0.1) is 25.6 Å². The molecule has 1 aliphatic rings. The van der Waals surface area contributed by atoms with Gasteiger partial charge < -0.3 is 5.11 Å². The lowest BCUT2D eigenvalue weighted by Crippen LogP contribution is -2.28. The molecule has 0 spiro atoms. The molecule has 0 aromatic heterocycles. The second kappa shape index (κ2) is 8.58. The molecule has 10 heteroatoms. The lowest BCUT2D eigenvalue weighted by atomic mass is 10.2. The van der Waals surface area contributed by atoms with Crippen molar-refractivity contribution >= 4 is 62.2 Å². The van der Waals surface area contributed by atoms with E-state index in [1.807, 2.05) is 6.92 Å². The molecule has 0 saturated carbocycles. The molecule has 0 bridgehead atoms. The van der Waals surface area contributed by atoms with E-state index in [-0.39, 0.29) is 17.2 Å². The number of benzene rings is 2. The number of rotatable bonds is 5. The molecule has 0 atom stereocenters. The molecule has 0 radical (unpaired) electrons. The number of carbonyl (C=O) groups is 2. The highest BCUT2D eigenvalue weighted by atomic mass is 79.9. The van der Waals surface area contributed by atoms with E-state index >= 15 is 0 Å². The largest absolute Gasteiger partial charge is 0.478 e. The molecule has 148 valence electrons. The van der Waals surface area contributed by atoms with Crippen LogP contribution in [0.4, 0.5) is 11.4 Å². The van der Waals surface area contributed by atoms with E-state index in [9.17, 15) is 19.7 Å². The number of nitro benzene ring substituents is 1. The zero-order valence-corrected chi connectivity index (χ0v) is 17.4. The van der Waals surface area contributed by atoms with Crippen molar-refractivity contribution in [2.24, 2.45) is 4.99 Å². The van der Waals surface area contributed by atoms with E-state index in [1.54, 1.807) is 30.3 Å². The van der Waals surface area contributed by atoms with Gasteiger partial charge in [0.1, 0.15) is 0 Å². The van der Waals surface area contributed by atoms with Crippen molar-refractivity contribution in [3.05, 3.63) is 73.1 Å². The second-order valence-corrected chi connectivity index (χ2v) is 7.74. The Morgan fingerprint density at radius 1 is 1.31 bits per heavy atom. The van der Waals surface area contributed by atoms with Crippen LogP contribution in [0, 0.1) is 10.1 Å². The summed E-state index contributed by atoms with van der Waals surface area (Å²) in [5.74, 6) is -1.28. The monoisotopic (exact) mass is 475 g/mol. The van der Waals surface area contributed by atoms with Gasteiger partial charge in [-0.2, -0.15) is 0 Å². The van der Waals surface area contributed by atoms with Crippen LogP contribution in [0.15, 0.2) is 56.8 Å². The van der Waals surface area contributed by atoms with E-state index in [2.05, 4.69) is 20.9 Å². The Morgan fingerprint density at radius 3 is 2.59 bits per heavy atom. The first-order chi connectivity index (χ1) is 13.8. The van der Waals surface area contributed by atoms with Crippen LogP contribution in [0.2, 0.25) is 0 Å². The smallest absolute Gasteiger partial charge is 0.335 e. The van der Waals surface area contributed by atoms with E-state index in [1.165, 1.54) is 23.1 Å². The van der Waals surface area contributed by atoms with Gasteiger partial charge in [0, 0.05) is 12.6 Å². The number of carboxylic acid groups (broad SMARTS) is 1. The fourth-order valence-corrected chi connectivity index (χ4v) is 4.02. The number of thioether (sulfide) groups is 1. The van der Waals surface area contributed by atoms with Crippen molar-refractivity contribution in [3.8, 4) is 0 Å². The molecule has 0 aliphatic carbocycles. The van der Waals surface area contributed by atoms with E-state index in [4.69, 9.17) is 5.11 Å². The van der Waals surface area contributed by atoms with Gasteiger partial charge >= 0.3 is 5.97 Å². The Bertz CT molecular complexity index is 1070. The normalized spacial score (nSPS) is 16.6. The Balaban J connectivity index is 1.92. The minimum absolute atomic E-state index is 0.0884. The molecule has 1 aliphatic heterocycles. The van der Waals surface area contributed by atoms with Gasteiger partial charge in [-0.25, -0.2) is 9.79 Å². The zero-order chi connectivity index (χ0) is 21.1. The summed E-state index contributed by atoms with van der Waals surface area (Å²) < 4.78 is 0.359. The van der Waals surface area contributed by atoms with E-state index in [0.717, 1.165) is 11.8 Å². The maximum Gasteiger partial charge on any atom is 0.335 e. The van der Waals surface area contributed by atoms with Crippen molar-refractivity contribution in [1.82, 2.24) is 4.90 Å². The lowest BCUT2D eigenvalue weighted by Gasteiger charge is -2.12. The molecule has 1 N–H and O–H groups in total. The third kappa shape index (κ3) is 4.54. The highest BCUT2D eigenvalue weighted by molar-refractivity contribution is 9.10. The summed E-state index contributed by atoms with van der Waals surface area (Å²) in [5.41, 5.74) is 1.10. The number of carboxylic acids is 1. The second-order valence-electron chi connectivity index (χ2n) is 5.87. The van der Waals surface area contributed by atoms with Crippen molar-refractivity contribution in [2.45, 2.75) is 6.92 Å². The first kappa shape index (κ1) is 20.7. The van der Waals surface area contributed by atoms with Crippen LogP contribution in [0.1, 0.15) is 22.8 Å². The van der Waals surface area contributed by atoms with Crippen LogP contribution in [0.3, 0.4) is 0 Å².